The van der Waals surface area contributed by atoms with Gasteiger partial charge in [-0.05, 0) is 0 Å². The fraction of sp³-hybridized carbons (Fsp3) is 0.765. The average molecular weight is 401 g/mol. The van der Waals surface area contributed by atoms with Crippen LogP contribution in [-0.4, -0.2) is 25.5 Å². The summed E-state index contributed by atoms with van der Waals surface area (Å²) in [6.07, 6.45) is 7.04. The van der Waals surface area contributed by atoms with E-state index in [0.717, 1.165) is 22.8 Å². The molecule has 0 radical (unpaired) electrons. The summed E-state index contributed by atoms with van der Waals surface area (Å²) in [6, 6.07) is 0. The summed E-state index contributed by atoms with van der Waals surface area (Å²) in [5, 5.41) is 0. The van der Waals surface area contributed by atoms with E-state index in [4.69, 9.17) is 4.74 Å². The Hall–Kier alpha value is -0.321. The van der Waals surface area contributed by atoms with Crippen molar-refractivity contribution in [3.8, 4) is 5.75 Å². The van der Waals surface area contributed by atoms with Crippen LogP contribution in [0, 0.1) is 0 Å². The first-order valence-corrected chi connectivity index (χ1v) is 15.9. The van der Waals surface area contributed by atoms with E-state index in [1.54, 1.807) is 0 Å². The third-order valence-corrected chi connectivity index (χ3v) is 20.2. The predicted octanol–water partition coefficient (Wildman–Crippen LogP) is 3.35. The van der Waals surface area contributed by atoms with Gasteiger partial charge in [-0.2, -0.15) is 0 Å². The van der Waals surface area contributed by atoms with Gasteiger partial charge in [0.1, 0.15) is 0 Å². The van der Waals surface area contributed by atoms with Crippen molar-refractivity contribution in [1.82, 2.24) is 0 Å². The summed E-state index contributed by atoms with van der Waals surface area (Å²) in [7, 11) is 1.54. The van der Waals surface area contributed by atoms with Gasteiger partial charge < -0.3 is 0 Å². The minimum atomic E-state index is -2.77. The van der Waals surface area contributed by atoms with Crippen LogP contribution in [0.25, 0.3) is 0 Å². The van der Waals surface area contributed by atoms with Crippen molar-refractivity contribution in [2.75, 3.05) is 7.11 Å². The number of methoxy groups -OCH3 is 1. The van der Waals surface area contributed by atoms with Crippen LogP contribution >= 0.6 is 0 Å². The van der Waals surface area contributed by atoms with Gasteiger partial charge in [0, 0.05) is 0 Å². The van der Waals surface area contributed by atoms with Crippen molar-refractivity contribution < 1.29 is 4.74 Å². The zero-order valence-corrected chi connectivity index (χ0v) is 16.9. The van der Waals surface area contributed by atoms with Crippen molar-refractivity contribution in [1.29, 1.82) is 0 Å². The van der Waals surface area contributed by atoms with Crippen molar-refractivity contribution in [3.05, 3.63) is 20.4 Å². The molecule has 3 nitrogen and oxygen atoms in total. The zero-order chi connectivity index (χ0) is 15.9. The van der Waals surface area contributed by atoms with Gasteiger partial charge in [0.05, 0.1) is 0 Å². The molecular weight excluding hydrogens is 371 g/mol. The van der Waals surface area contributed by atoms with E-state index < -0.39 is 18.4 Å². The molecule has 0 spiro atoms. The van der Waals surface area contributed by atoms with Gasteiger partial charge in [0.15, 0.2) is 0 Å². The second-order valence-corrected chi connectivity index (χ2v) is 19.2. The topological polar surface area (TPSA) is 43.4 Å². The van der Waals surface area contributed by atoms with Gasteiger partial charge in [0.2, 0.25) is 0 Å². The standard InChI is InChI=1S/C5H3O3.3C4H9.Sn/c1-8-4-2-3(6)5(4)7;3*1-3-4-2;/h1H3;3*1,3-4H2,2H3;. The fourth-order valence-electron chi connectivity index (χ4n) is 3.34. The summed E-state index contributed by atoms with van der Waals surface area (Å²) >= 11 is -2.77. The third kappa shape index (κ3) is 4.11. The number of unbranched alkanes of at least 4 members (excludes halogenated alkanes) is 3. The van der Waals surface area contributed by atoms with Gasteiger partial charge in [-0.1, -0.05) is 0 Å². The van der Waals surface area contributed by atoms with E-state index in [1.807, 2.05) is 0 Å². The Morgan fingerprint density at radius 2 is 1.24 bits per heavy atom. The molecule has 1 aromatic carbocycles. The van der Waals surface area contributed by atoms with Crippen LogP contribution < -0.4 is 19.2 Å². The van der Waals surface area contributed by atoms with Gasteiger partial charge >= 0.3 is 133 Å². The monoisotopic (exact) mass is 402 g/mol. The molecule has 0 N–H and O–H groups in total. The Morgan fingerprint density at radius 3 is 1.57 bits per heavy atom. The second kappa shape index (κ2) is 8.96. The van der Waals surface area contributed by atoms with Crippen LogP contribution in [0.1, 0.15) is 59.3 Å². The Balaban J connectivity index is 3.21. The van der Waals surface area contributed by atoms with Crippen molar-refractivity contribution >= 4 is 22.0 Å². The van der Waals surface area contributed by atoms with Crippen LogP contribution in [0.4, 0.5) is 0 Å². The molecule has 0 aliphatic carbocycles. The van der Waals surface area contributed by atoms with Crippen molar-refractivity contribution in [2.24, 2.45) is 0 Å². The normalized spacial score (nSPS) is 12.0. The Bertz CT molecular complexity index is 478. The van der Waals surface area contributed by atoms with Gasteiger partial charge in [-0.15, -0.1) is 0 Å². The predicted molar refractivity (Wildman–Crippen MR) is 92.4 cm³/mol. The molecular formula is C17H30O3Sn. The molecule has 0 saturated heterocycles. The first kappa shape index (κ1) is 18.7. The van der Waals surface area contributed by atoms with Crippen LogP contribution in [0.2, 0.25) is 13.3 Å². The summed E-state index contributed by atoms with van der Waals surface area (Å²) in [5.41, 5.74) is -0.580. The number of hydrogen-bond donors (Lipinski definition) is 0. The zero-order valence-electron chi connectivity index (χ0n) is 14.1. The van der Waals surface area contributed by atoms with E-state index in [-0.39, 0.29) is 10.9 Å². The average Bonchev–Trinajstić information content (AvgIpc) is 2.51. The molecule has 0 fully saturated rings. The van der Waals surface area contributed by atoms with E-state index in [1.165, 1.54) is 39.7 Å². The van der Waals surface area contributed by atoms with Crippen LogP contribution in [0.15, 0.2) is 9.59 Å². The minimum absolute atomic E-state index is 0.203. The summed E-state index contributed by atoms with van der Waals surface area (Å²) in [6.45, 7) is 6.61. The number of rotatable bonds is 11. The van der Waals surface area contributed by atoms with E-state index in [0.29, 0.717) is 5.75 Å². The SMILES string of the molecule is CCC[CH2][Sn]([CH2]CCC)([CH2]CCC)[c]1c(OC)c(=O)c1=O. The Morgan fingerprint density at radius 1 is 0.810 bits per heavy atom. The summed E-state index contributed by atoms with van der Waals surface area (Å²) in [5.74, 6) is 0.430. The molecule has 0 aromatic heterocycles. The van der Waals surface area contributed by atoms with Crippen LogP contribution in [-0.2, 0) is 0 Å². The van der Waals surface area contributed by atoms with Gasteiger partial charge in [-0.3, -0.25) is 0 Å². The number of ether oxygens (including phenoxy) is 1. The molecule has 21 heavy (non-hydrogen) atoms. The maximum absolute atomic E-state index is 12.2. The van der Waals surface area contributed by atoms with Gasteiger partial charge in [-0.25, -0.2) is 0 Å². The molecule has 0 amide bonds. The Labute approximate surface area is 132 Å². The second-order valence-electron chi connectivity index (χ2n) is 6.16. The summed E-state index contributed by atoms with van der Waals surface area (Å²) < 4.78 is 9.80. The molecule has 1 rings (SSSR count). The summed E-state index contributed by atoms with van der Waals surface area (Å²) in [4.78, 5) is 24.0. The number of hydrogen-bond acceptors (Lipinski definition) is 3. The Kier molecular flexibility index (Phi) is 7.99. The molecule has 0 aliphatic heterocycles. The van der Waals surface area contributed by atoms with E-state index >= 15 is 0 Å². The van der Waals surface area contributed by atoms with Crippen LogP contribution in [0.5, 0.6) is 5.75 Å². The molecule has 0 bridgehead atoms. The molecule has 0 heterocycles. The third-order valence-electron chi connectivity index (χ3n) is 4.63. The van der Waals surface area contributed by atoms with Crippen molar-refractivity contribution in [2.45, 2.75) is 72.6 Å². The molecule has 0 unspecified atom stereocenters. The maximum atomic E-state index is 12.2. The van der Waals surface area contributed by atoms with E-state index in [9.17, 15) is 9.59 Å². The van der Waals surface area contributed by atoms with Gasteiger partial charge in [0.25, 0.3) is 0 Å². The van der Waals surface area contributed by atoms with Crippen LogP contribution in [0.3, 0.4) is 0 Å². The molecule has 0 saturated carbocycles. The first-order chi connectivity index (χ1) is 10.1. The quantitative estimate of drug-likeness (QED) is 0.422. The van der Waals surface area contributed by atoms with Crippen molar-refractivity contribution in [3.63, 3.8) is 0 Å². The van der Waals surface area contributed by atoms with E-state index in [2.05, 4.69) is 20.8 Å². The fourth-order valence-corrected chi connectivity index (χ4v) is 20.1. The molecule has 0 atom stereocenters. The molecule has 1 aromatic rings. The molecule has 120 valence electrons. The molecule has 4 heteroatoms. The molecule has 0 aliphatic rings. The first-order valence-electron chi connectivity index (χ1n) is 8.45.